The maximum absolute atomic E-state index is 12.3. The lowest BCUT2D eigenvalue weighted by Crippen LogP contribution is -2.19. The largest absolute Gasteiger partial charge is 0.513 e. The van der Waals surface area contributed by atoms with E-state index in [9.17, 15) is 14.7 Å². The number of phenols is 1. The van der Waals surface area contributed by atoms with E-state index in [2.05, 4.69) is 10.6 Å². The topological polar surface area (TPSA) is 96.9 Å². The van der Waals surface area contributed by atoms with Crippen molar-refractivity contribution < 1.29 is 24.2 Å². The molecule has 0 saturated carbocycles. The molecule has 0 saturated heterocycles. The first kappa shape index (κ1) is 18.1. The smallest absolute Gasteiger partial charge is 0.507 e. The number of phenolic OH excluding ortho intramolecular Hbond substituents is 1. The summed E-state index contributed by atoms with van der Waals surface area (Å²) in [6, 6.07) is 16.2. The molecular weight excluding hydrogens is 348 g/mol. The van der Waals surface area contributed by atoms with Gasteiger partial charge in [0.05, 0.1) is 12.3 Å². The molecule has 0 fully saturated rings. The zero-order chi connectivity index (χ0) is 19.2. The Morgan fingerprint density at radius 3 is 2.37 bits per heavy atom. The number of hydrogen-bond donors (Lipinski definition) is 3. The third-order valence-electron chi connectivity index (χ3n) is 3.72. The number of ether oxygens (including phenoxy) is 2. The quantitative estimate of drug-likeness (QED) is 0.458. The van der Waals surface area contributed by atoms with Crippen LogP contribution in [-0.4, -0.2) is 23.9 Å². The zero-order valence-electron chi connectivity index (χ0n) is 14.6. The molecule has 0 atom stereocenters. The monoisotopic (exact) mass is 366 g/mol. The van der Waals surface area contributed by atoms with E-state index in [0.29, 0.717) is 22.5 Å². The van der Waals surface area contributed by atoms with Crippen molar-refractivity contribution in [3.05, 3.63) is 60.7 Å². The van der Waals surface area contributed by atoms with Gasteiger partial charge in [-0.15, -0.1) is 0 Å². The zero-order valence-corrected chi connectivity index (χ0v) is 14.6. The molecule has 3 rings (SSSR count). The second kappa shape index (κ2) is 8.09. The number of fused-ring (bicyclic) bond motifs is 1. The van der Waals surface area contributed by atoms with Crippen LogP contribution in [0.1, 0.15) is 6.92 Å². The van der Waals surface area contributed by atoms with Gasteiger partial charge in [-0.3, -0.25) is 0 Å². The summed E-state index contributed by atoms with van der Waals surface area (Å²) in [5.41, 5.74) is 1.09. The predicted octanol–water partition coefficient (Wildman–Crippen LogP) is 4.72. The van der Waals surface area contributed by atoms with Crippen LogP contribution in [0.2, 0.25) is 0 Å². The Morgan fingerprint density at radius 1 is 0.926 bits per heavy atom. The minimum atomic E-state index is -0.782. The maximum atomic E-state index is 12.3. The molecule has 7 nitrogen and oxygen atoms in total. The summed E-state index contributed by atoms with van der Waals surface area (Å²) in [5, 5.41) is 16.7. The lowest BCUT2D eigenvalue weighted by molar-refractivity contribution is 0.104. The summed E-state index contributed by atoms with van der Waals surface area (Å²) < 4.78 is 9.65. The Kier molecular flexibility index (Phi) is 5.41. The second-order valence-corrected chi connectivity index (χ2v) is 5.57. The van der Waals surface area contributed by atoms with Crippen LogP contribution in [0.4, 0.5) is 21.0 Å². The van der Waals surface area contributed by atoms with Gasteiger partial charge in [0, 0.05) is 16.5 Å². The molecule has 2 amide bonds. The molecule has 138 valence electrons. The molecule has 0 aliphatic carbocycles. The minimum absolute atomic E-state index is 0.147. The molecule has 0 heterocycles. The lowest BCUT2D eigenvalue weighted by atomic mass is 10.1. The van der Waals surface area contributed by atoms with Crippen LogP contribution in [0.15, 0.2) is 60.7 Å². The molecule has 0 aliphatic heterocycles. The highest BCUT2D eigenvalue weighted by Crippen LogP contribution is 2.29. The van der Waals surface area contributed by atoms with Crippen molar-refractivity contribution in [2.45, 2.75) is 6.92 Å². The van der Waals surface area contributed by atoms with Gasteiger partial charge in [-0.25, -0.2) is 9.59 Å². The Labute approximate surface area is 155 Å². The van der Waals surface area contributed by atoms with Gasteiger partial charge >= 0.3 is 12.2 Å². The summed E-state index contributed by atoms with van der Waals surface area (Å²) in [5.74, 6) is 0.456. The van der Waals surface area contributed by atoms with Crippen molar-refractivity contribution in [1.82, 2.24) is 0 Å². The van der Waals surface area contributed by atoms with Crippen LogP contribution in [-0.2, 0) is 4.74 Å². The Balaban J connectivity index is 1.66. The standard InChI is InChI=1S/C20H18N2O5/c1-2-26-20(25)27-14-11-9-13(10-12-14)21-19(24)22-17-7-3-6-16-15(17)5-4-8-18(16)23/h3-12,23H,2H2,1H3,(H2,21,22,24). The van der Waals surface area contributed by atoms with Crippen molar-refractivity contribution >= 4 is 34.3 Å². The van der Waals surface area contributed by atoms with Gasteiger partial charge in [0.15, 0.2) is 0 Å². The summed E-state index contributed by atoms with van der Waals surface area (Å²) in [6.45, 7) is 1.91. The van der Waals surface area contributed by atoms with Crippen molar-refractivity contribution in [2.75, 3.05) is 17.2 Å². The number of carbonyl (C=O) groups is 2. The van der Waals surface area contributed by atoms with Crippen LogP contribution < -0.4 is 15.4 Å². The van der Waals surface area contributed by atoms with Gasteiger partial charge in [0.25, 0.3) is 0 Å². The number of benzene rings is 3. The fourth-order valence-electron chi connectivity index (χ4n) is 2.54. The van der Waals surface area contributed by atoms with Crippen molar-refractivity contribution in [3.8, 4) is 11.5 Å². The number of hydrogen-bond acceptors (Lipinski definition) is 5. The Hall–Kier alpha value is -3.74. The molecule has 7 heteroatoms. The van der Waals surface area contributed by atoms with Gasteiger partial charge in [-0.05, 0) is 43.3 Å². The predicted molar refractivity (Wildman–Crippen MR) is 102 cm³/mol. The Morgan fingerprint density at radius 2 is 1.63 bits per heavy atom. The Bertz CT molecular complexity index is 970. The van der Waals surface area contributed by atoms with Gasteiger partial charge < -0.3 is 25.2 Å². The molecule has 0 aromatic heterocycles. The van der Waals surface area contributed by atoms with E-state index in [1.165, 1.54) is 0 Å². The molecule has 0 spiro atoms. The third-order valence-corrected chi connectivity index (χ3v) is 3.72. The van der Waals surface area contributed by atoms with E-state index in [-0.39, 0.29) is 12.4 Å². The van der Waals surface area contributed by atoms with E-state index >= 15 is 0 Å². The maximum Gasteiger partial charge on any atom is 0.513 e. The van der Waals surface area contributed by atoms with Crippen LogP contribution in [0, 0.1) is 0 Å². The molecule has 3 aromatic carbocycles. The van der Waals surface area contributed by atoms with E-state index in [1.807, 2.05) is 6.07 Å². The van der Waals surface area contributed by atoms with Crippen molar-refractivity contribution in [3.63, 3.8) is 0 Å². The van der Waals surface area contributed by atoms with Crippen LogP contribution in [0.5, 0.6) is 11.5 Å². The van der Waals surface area contributed by atoms with E-state index < -0.39 is 12.2 Å². The second-order valence-electron chi connectivity index (χ2n) is 5.57. The molecule has 0 unspecified atom stereocenters. The summed E-state index contributed by atoms with van der Waals surface area (Å²) in [6.07, 6.45) is -0.782. The highest BCUT2D eigenvalue weighted by atomic mass is 16.7. The molecule has 0 bridgehead atoms. The number of carbonyl (C=O) groups excluding carboxylic acids is 2. The van der Waals surface area contributed by atoms with Crippen LogP contribution >= 0.6 is 0 Å². The lowest BCUT2D eigenvalue weighted by Gasteiger charge is -2.11. The average molecular weight is 366 g/mol. The highest BCUT2D eigenvalue weighted by Gasteiger charge is 2.09. The summed E-state index contributed by atoms with van der Waals surface area (Å²) in [7, 11) is 0. The van der Waals surface area contributed by atoms with E-state index in [4.69, 9.17) is 9.47 Å². The minimum Gasteiger partial charge on any atom is -0.507 e. The average Bonchev–Trinajstić information content (AvgIpc) is 2.64. The van der Waals surface area contributed by atoms with Gasteiger partial charge in [-0.1, -0.05) is 24.3 Å². The number of aromatic hydroxyl groups is 1. The molecular formula is C20H18N2O5. The number of urea groups is 1. The fraction of sp³-hybridized carbons (Fsp3) is 0.100. The summed E-state index contributed by atoms with van der Waals surface area (Å²) in [4.78, 5) is 23.5. The first-order chi connectivity index (χ1) is 13.1. The summed E-state index contributed by atoms with van der Waals surface area (Å²) >= 11 is 0. The molecule has 3 aromatic rings. The SMILES string of the molecule is CCOC(=O)Oc1ccc(NC(=O)Nc2cccc3c(O)cccc23)cc1. The number of amides is 2. The molecule has 0 radical (unpaired) electrons. The van der Waals surface area contributed by atoms with E-state index in [1.54, 1.807) is 61.5 Å². The number of nitrogens with one attached hydrogen (secondary N) is 2. The van der Waals surface area contributed by atoms with Crippen LogP contribution in [0.3, 0.4) is 0 Å². The molecule has 27 heavy (non-hydrogen) atoms. The highest BCUT2D eigenvalue weighted by molar-refractivity contribution is 6.07. The molecule has 0 aliphatic rings. The van der Waals surface area contributed by atoms with Crippen LogP contribution in [0.25, 0.3) is 10.8 Å². The van der Waals surface area contributed by atoms with Crippen molar-refractivity contribution in [2.24, 2.45) is 0 Å². The number of anilines is 2. The molecule has 3 N–H and O–H groups in total. The first-order valence-electron chi connectivity index (χ1n) is 8.30. The van der Waals surface area contributed by atoms with E-state index in [0.717, 1.165) is 5.39 Å². The number of rotatable bonds is 4. The van der Waals surface area contributed by atoms with Gasteiger partial charge in [0.1, 0.15) is 11.5 Å². The van der Waals surface area contributed by atoms with Gasteiger partial charge in [-0.2, -0.15) is 0 Å². The van der Waals surface area contributed by atoms with Gasteiger partial charge in [0.2, 0.25) is 0 Å². The first-order valence-corrected chi connectivity index (χ1v) is 8.30. The third kappa shape index (κ3) is 4.46. The normalized spacial score (nSPS) is 10.3. The fourth-order valence-corrected chi connectivity index (χ4v) is 2.54. The van der Waals surface area contributed by atoms with Crippen molar-refractivity contribution in [1.29, 1.82) is 0 Å².